The van der Waals surface area contributed by atoms with Crippen molar-refractivity contribution in [1.82, 2.24) is 4.90 Å². The van der Waals surface area contributed by atoms with E-state index >= 15 is 0 Å². The van der Waals surface area contributed by atoms with Crippen molar-refractivity contribution in [2.75, 3.05) is 32.1 Å². The van der Waals surface area contributed by atoms with E-state index in [9.17, 15) is 19.5 Å². The molecule has 2 aromatic carbocycles. The van der Waals surface area contributed by atoms with Crippen LogP contribution in [0.2, 0.25) is 0 Å². The van der Waals surface area contributed by atoms with Gasteiger partial charge >= 0.3 is 11.6 Å². The van der Waals surface area contributed by atoms with Crippen LogP contribution in [0.15, 0.2) is 62.9 Å². The summed E-state index contributed by atoms with van der Waals surface area (Å²) in [6, 6.07) is 13.2. The maximum Gasteiger partial charge on any atom is 0.344 e. The lowest BCUT2D eigenvalue weighted by Crippen LogP contribution is -2.31. The van der Waals surface area contributed by atoms with Crippen LogP contribution in [-0.2, 0) is 27.2 Å². The zero-order valence-corrected chi connectivity index (χ0v) is 19.4. The van der Waals surface area contributed by atoms with Gasteiger partial charge in [0.15, 0.2) is 0 Å². The number of nitrogens with one attached hydrogen (secondary N) is 1. The lowest BCUT2D eigenvalue weighted by molar-refractivity contribution is -0.136. The van der Waals surface area contributed by atoms with Crippen molar-refractivity contribution in [1.29, 1.82) is 0 Å². The van der Waals surface area contributed by atoms with Crippen molar-refractivity contribution >= 4 is 28.5 Å². The minimum atomic E-state index is -0.622. The number of carbonyl (C=O) groups is 2. The fraction of sp³-hybridized carbons (Fsp3) is 0.296. The Labute approximate surface area is 201 Å². The molecule has 0 unspecified atom stereocenters. The highest BCUT2D eigenvalue weighted by molar-refractivity contribution is 6.08. The number of esters is 1. The quantitative estimate of drug-likeness (QED) is 0.418. The molecule has 2 aliphatic rings. The van der Waals surface area contributed by atoms with Gasteiger partial charge in [0, 0.05) is 23.7 Å². The van der Waals surface area contributed by atoms with E-state index < -0.39 is 17.5 Å². The molecule has 1 aliphatic heterocycles. The number of nitrogens with zero attached hydrogens (tertiary/aromatic N) is 1. The van der Waals surface area contributed by atoms with Gasteiger partial charge in [-0.3, -0.25) is 4.79 Å². The van der Waals surface area contributed by atoms with Crippen LogP contribution in [0, 0.1) is 0 Å². The van der Waals surface area contributed by atoms with Gasteiger partial charge in [-0.05, 0) is 60.6 Å². The lowest BCUT2D eigenvalue weighted by atomic mass is 9.89. The third-order valence-corrected chi connectivity index (χ3v) is 6.62. The number of hydrogen-bond donors (Lipinski definition) is 2. The van der Waals surface area contributed by atoms with Gasteiger partial charge in [-0.2, -0.15) is 0 Å². The molecule has 0 radical (unpaired) electrons. The maximum absolute atomic E-state index is 12.9. The fourth-order valence-electron chi connectivity index (χ4n) is 4.78. The molecule has 8 nitrogen and oxygen atoms in total. The highest BCUT2D eigenvalue weighted by Crippen LogP contribution is 2.29. The average Bonchev–Trinajstić information content (AvgIpc) is 3.18. The Balaban J connectivity index is 1.47. The van der Waals surface area contributed by atoms with Gasteiger partial charge in [-0.1, -0.05) is 18.2 Å². The SMILES string of the molecule is COC(=O)C1=C(Nc2ccc3cc(-c4ccc5c(c4)CCCC5)c(=O)oc3c2)C(=O)N(CCO)C1. The Kier molecular flexibility index (Phi) is 6.13. The topological polar surface area (TPSA) is 109 Å². The van der Waals surface area contributed by atoms with Crippen LogP contribution in [0.4, 0.5) is 5.69 Å². The molecule has 2 N–H and O–H groups in total. The zero-order valence-electron chi connectivity index (χ0n) is 19.4. The van der Waals surface area contributed by atoms with E-state index in [0.717, 1.165) is 30.2 Å². The third-order valence-electron chi connectivity index (χ3n) is 6.62. The number of anilines is 1. The van der Waals surface area contributed by atoms with E-state index in [0.29, 0.717) is 16.8 Å². The number of aliphatic hydroxyl groups is 1. The number of β-amino-alcohol motifs (C(OH)–C–C–N with tert-alkyl or cyclic N) is 1. The van der Waals surface area contributed by atoms with Gasteiger partial charge in [0.05, 0.1) is 31.4 Å². The smallest absolute Gasteiger partial charge is 0.344 e. The number of methoxy groups -OCH3 is 1. The molecule has 1 aromatic heterocycles. The van der Waals surface area contributed by atoms with Crippen LogP contribution in [0.3, 0.4) is 0 Å². The predicted molar refractivity (Wildman–Crippen MR) is 131 cm³/mol. The zero-order chi connectivity index (χ0) is 24.5. The fourth-order valence-corrected chi connectivity index (χ4v) is 4.78. The van der Waals surface area contributed by atoms with Gasteiger partial charge in [0.25, 0.3) is 5.91 Å². The van der Waals surface area contributed by atoms with E-state index in [1.807, 2.05) is 12.1 Å². The van der Waals surface area contributed by atoms with Crippen molar-refractivity contribution in [2.24, 2.45) is 0 Å². The second-order valence-electron chi connectivity index (χ2n) is 8.81. The number of rotatable bonds is 6. The van der Waals surface area contributed by atoms with Gasteiger partial charge in [0.1, 0.15) is 11.3 Å². The van der Waals surface area contributed by atoms with Crippen LogP contribution >= 0.6 is 0 Å². The summed E-state index contributed by atoms with van der Waals surface area (Å²) in [5.74, 6) is -1.04. The number of amides is 1. The number of carbonyl (C=O) groups excluding carboxylic acids is 2. The Morgan fingerprint density at radius 3 is 2.66 bits per heavy atom. The molecule has 0 atom stereocenters. The van der Waals surface area contributed by atoms with Crippen LogP contribution < -0.4 is 10.9 Å². The monoisotopic (exact) mass is 474 g/mol. The summed E-state index contributed by atoms with van der Waals surface area (Å²) in [4.78, 5) is 39.2. The summed E-state index contributed by atoms with van der Waals surface area (Å²) in [5.41, 5.74) is 4.65. The van der Waals surface area contributed by atoms with Gasteiger partial charge in [-0.25, -0.2) is 9.59 Å². The summed E-state index contributed by atoms with van der Waals surface area (Å²) in [7, 11) is 1.25. The molecular weight excluding hydrogens is 448 g/mol. The Hall–Kier alpha value is -3.91. The minimum Gasteiger partial charge on any atom is -0.466 e. The lowest BCUT2D eigenvalue weighted by Gasteiger charge is -2.16. The molecule has 35 heavy (non-hydrogen) atoms. The van der Waals surface area contributed by atoms with Crippen molar-refractivity contribution in [3.05, 3.63) is 75.3 Å². The first-order valence-corrected chi connectivity index (χ1v) is 11.7. The third kappa shape index (κ3) is 4.33. The molecule has 0 saturated heterocycles. The molecule has 0 fully saturated rings. The summed E-state index contributed by atoms with van der Waals surface area (Å²) in [6.07, 6.45) is 4.46. The molecule has 0 bridgehead atoms. The first-order chi connectivity index (χ1) is 17.0. The number of aryl methyl sites for hydroxylation is 2. The van der Waals surface area contributed by atoms with Crippen LogP contribution in [0.25, 0.3) is 22.1 Å². The molecular formula is C27H26N2O6. The Morgan fingerprint density at radius 1 is 1.09 bits per heavy atom. The molecule has 0 spiro atoms. The van der Waals surface area contributed by atoms with Gasteiger partial charge < -0.3 is 24.5 Å². The molecule has 1 aliphatic carbocycles. The molecule has 2 heterocycles. The average molecular weight is 475 g/mol. The van der Waals surface area contributed by atoms with E-state index in [1.165, 1.54) is 29.6 Å². The predicted octanol–water partition coefficient (Wildman–Crippen LogP) is 3.01. The summed E-state index contributed by atoms with van der Waals surface area (Å²) >= 11 is 0. The largest absolute Gasteiger partial charge is 0.466 e. The number of benzene rings is 2. The molecule has 0 saturated carbocycles. The maximum atomic E-state index is 12.9. The van der Waals surface area contributed by atoms with E-state index in [2.05, 4.69) is 17.4 Å². The highest BCUT2D eigenvalue weighted by atomic mass is 16.5. The highest BCUT2D eigenvalue weighted by Gasteiger charge is 2.34. The minimum absolute atomic E-state index is 0.0429. The van der Waals surface area contributed by atoms with Crippen molar-refractivity contribution in [2.45, 2.75) is 25.7 Å². The normalized spacial score (nSPS) is 15.5. The summed E-state index contributed by atoms with van der Waals surface area (Å²) in [5, 5.41) is 12.9. The standard InChI is InChI=1S/C27H26N2O6/c1-34-26(32)22-15-29(10-11-30)25(31)24(22)28-20-9-8-19-13-21(27(33)35-23(19)14-20)18-7-6-16-4-2-3-5-17(16)12-18/h6-9,12-14,28,30H,2-5,10-11,15H2,1H3. The van der Waals surface area contributed by atoms with Crippen LogP contribution in [0.1, 0.15) is 24.0 Å². The van der Waals surface area contributed by atoms with E-state index in [4.69, 9.17) is 9.15 Å². The number of hydrogen-bond acceptors (Lipinski definition) is 7. The van der Waals surface area contributed by atoms with Crippen molar-refractivity contribution in [3.63, 3.8) is 0 Å². The van der Waals surface area contributed by atoms with Gasteiger partial charge in [-0.15, -0.1) is 0 Å². The van der Waals surface area contributed by atoms with Crippen LogP contribution in [0.5, 0.6) is 0 Å². The molecule has 5 rings (SSSR count). The second kappa shape index (κ2) is 9.38. The van der Waals surface area contributed by atoms with Gasteiger partial charge in [0.2, 0.25) is 0 Å². The van der Waals surface area contributed by atoms with Crippen molar-refractivity contribution < 1.29 is 23.8 Å². The number of fused-ring (bicyclic) bond motifs is 2. The summed E-state index contributed by atoms with van der Waals surface area (Å²) < 4.78 is 10.5. The van der Waals surface area contributed by atoms with E-state index in [1.54, 1.807) is 18.2 Å². The Morgan fingerprint density at radius 2 is 1.89 bits per heavy atom. The van der Waals surface area contributed by atoms with Crippen molar-refractivity contribution in [3.8, 4) is 11.1 Å². The Bertz CT molecular complexity index is 1420. The first-order valence-electron chi connectivity index (χ1n) is 11.7. The first kappa shape index (κ1) is 22.9. The number of ether oxygens (including phenoxy) is 1. The van der Waals surface area contributed by atoms with Crippen LogP contribution in [-0.4, -0.2) is 48.7 Å². The molecule has 3 aromatic rings. The number of aliphatic hydroxyl groups excluding tert-OH is 1. The summed E-state index contributed by atoms with van der Waals surface area (Å²) in [6.45, 7) is -0.0784. The molecule has 180 valence electrons. The second-order valence-corrected chi connectivity index (χ2v) is 8.81. The molecule has 8 heteroatoms. The van der Waals surface area contributed by atoms with E-state index in [-0.39, 0.29) is 31.0 Å². The molecule has 1 amide bonds.